The first-order chi connectivity index (χ1) is 5.97. The molecule has 13 heavy (non-hydrogen) atoms. The zero-order valence-corrected chi connectivity index (χ0v) is 9.64. The van der Waals surface area contributed by atoms with E-state index in [1.807, 2.05) is 0 Å². The molecule has 0 aliphatic heterocycles. The largest absolute Gasteiger partial charge is 0.357 e. The Hall–Kier alpha value is -0.666. The Morgan fingerprint density at radius 2 is 1.85 bits per heavy atom. The van der Waals surface area contributed by atoms with Crippen LogP contribution in [0.15, 0.2) is 30.6 Å². The van der Waals surface area contributed by atoms with Gasteiger partial charge in [-0.2, -0.15) is 12.1 Å². The molecule has 2 heterocycles. The topological polar surface area (TPSA) is 38.7 Å². The Morgan fingerprint density at radius 3 is 2.46 bits per heavy atom. The summed E-state index contributed by atoms with van der Waals surface area (Å²) in [5, 5.41) is 7.57. The molecule has 0 saturated carbocycles. The van der Waals surface area contributed by atoms with Crippen molar-refractivity contribution in [2.75, 3.05) is 0 Å². The predicted molar refractivity (Wildman–Crippen MR) is 42.9 cm³/mol. The molecule has 2 aromatic heterocycles. The van der Waals surface area contributed by atoms with Crippen molar-refractivity contribution in [2.45, 2.75) is 0 Å². The van der Waals surface area contributed by atoms with Gasteiger partial charge in [-0.25, -0.2) is 17.2 Å². The second kappa shape index (κ2) is 5.15. The number of pyridine rings is 1. The maximum absolute atomic E-state index is 4.06. The van der Waals surface area contributed by atoms with Crippen molar-refractivity contribution in [1.82, 2.24) is 15.2 Å². The van der Waals surface area contributed by atoms with Crippen molar-refractivity contribution in [3.05, 3.63) is 42.7 Å². The molecule has 0 aromatic carbocycles. The minimum atomic E-state index is 0. The van der Waals surface area contributed by atoms with Gasteiger partial charge in [-0.3, -0.25) is 5.10 Å². The van der Waals surface area contributed by atoms with E-state index >= 15 is 0 Å². The van der Waals surface area contributed by atoms with Crippen LogP contribution < -0.4 is 0 Å². The first-order valence-electron chi connectivity index (χ1n) is 3.49. The molecule has 0 bridgehead atoms. The zero-order chi connectivity index (χ0) is 8.23. The Kier molecular flexibility index (Phi) is 4.12. The summed E-state index contributed by atoms with van der Waals surface area (Å²) in [4.78, 5) is 4.06. The van der Waals surface area contributed by atoms with Crippen molar-refractivity contribution >= 4 is 0 Å². The van der Waals surface area contributed by atoms with E-state index in [0.717, 1.165) is 0 Å². The molecular formula is C9H5N3Y-2. The summed E-state index contributed by atoms with van der Waals surface area (Å²) in [6, 6.07) is 11.1. The van der Waals surface area contributed by atoms with Gasteiger partial charge in [0.25, 0.3) is 0 Å². The van der Waals surface area contributed by atoms with Gasteiger partial charge in [0.15, 0.2) is 0 Å². The Balaban J connectivity index is 0.000000845. The fourth-order valence-corrected chi connectivity index (χ4v) is 0.840. The van der Waals surface area contributed by atoms with E-state index in [0.29, 0.717) is 11.4 Å². The fraction of sp³-hybridized carbons (Fsp3) is 0. The van der Waals surface area contributed by atoms with Gasteiger partial charge in [0.2, 0.25) is 0 Å². The average molecular weight is 244 g/mol. The molecule has 0 N–H and O–H groups in total. The van der Waals surface area contributed by atoms with E-state index in [9.17, 15) is 0 Å². The molecule has 0 atom stereocenters. The fourth-order valence-electron chi connectivity index (χ4n) is 0.840. The van der Waals surface area contributed by atoms with Gasteiger partial charge in [0.05, 0.1) is 0 Å². The Bertz CT molecular complexity index is 312. The molecule has 0 amide bonds. The molecule has 2 rings (SSSR count). The van der Waals surface area contributed by atoms with Crippen LogP contribution in [-0.4, -0.2) is 15.2 Å². The SMILES string of the molecule is [Y].[c-]1cccnc1-c1[c-]ccnn1. The third-order valence-corrected chi connectivity index (χ3v) is 1.35. The molecule has 0 aliphatic rings. The smallest absolute Gasteiger partial charge is 0 e. The molecular weight excluding hydrogens is 239 g/mol. The van der Waals surface area contributed by atoms with Crippen LogP contribution in [0.1, 0.15) is 0 Å². The van der Waals surface area contributed by atoms with Crippen LogP contribution in [0.2, 0.25) is 0 Å². The quantitative estimate of drug-likeness (QED) is 0.706. The number of hydrogen-bond donors (Lipinski definition) is 0. The third-order valence-electron chi connectivity index (χ3n) is 1.35. The molecule has 0 spiro atoms. The predicted octanol–water partition coefficient (Wildman–Crippen LogP) is 1.14. The summed E-state index contributed by atoms with van der Waals surface area (Å²) < 4.78 is 0. The standard InChI is InChI=1S/C9H5N3.Y/c1-2-6-10-8(4-1)9-5-3-7-11-12-9;/h1-3,6-7H;/q-2;. The number of nitrogens with zero attached hydrogens (tertiary/aromatic N) is 3. The maximum Gasteiger partial charge on any atom is 0 e. The summed E-state index contributed by atoms with van der Waals surface area (Å²) in [6.07, 6.45) is 3.26. The van der Waals surface area contributed by atoms with Crippen molar-refractivity contribution in [2.24, 2.45) is 0 Å². The summed E-state index contributed by atoms with van der Waals surface area (Å²) in [5.41, 5.74) is 1.30. The molecule has 1 radical (unpaired) electrons. The Labute approximate surface area is 101 Å². The van der Waals surface area contributed by atoms with E-state index in [-0.39, 0.29) is 32.7 Å². The van der Waals surface area contributed by atoms with Crippen molar-refractivity contribution in [3.63, 3.8) is 0 Å². The van der Waals surface area contributed by atoms with Gasteiger partial charge in [-0.1, -0.05) is 6.20 Å². The van der Waals surface area contributed by atoms with Gasteiger partial charge in [-0.05, 0) is 6.20 Å². The molecule has 0 aliphatic carbocycles. The van der Waals surface area contributed by atoms with Crippen LogP contribution >= 0.6 is 0 Å². The number of hydrogen-bond acceptors (Lipinski definition) is 3. The summed E-state index contributed by atoms with van der Waals surface area (Å²) in [5.74, 6) is 0. The second-order valence-electron chi connectivity index (χ2n) is 2.15. The molecule has 3 nitrogen and oxygen atoms in total. The second-order valence-corrected chi connectivity index (χ2v) is 2.15. The minimum absolute atomic E-state index is 0. The van der Waals surface area contributed by atoms with Crippen LogP contribution in [0, 0.1) is 12.1 Å². The molecule has 4 heteroatoms. The monoisotopic (exact) mass is 244 g/mol. The van der Waals surface area contributed by atoms with E-state index < -0.39 is 0 Å². The summed E-state index contributed by atoms with van der Waals surface area (Å²) >= 11 is 0. The van der Waals surface area contributed by atoms with Crippen molar-refractivity contribution < 1.29 is 32.7 Å². The normalized spacial score (nSPS) is 8.92. The first kappa shape index (κ1) is 10.4. The van der Waals surface area contributed by atoms with Crippen molar-refractivity contribution in [1.29, 1.82) is 0 Å². The van der Waals surface area contributed by atoms with Crippen molar-refractivity contribution in [3.8, 4) is 11.4 Å². The van der Waals surface area contributed by atoms with E-state index in [2.05, 4.69) is 27.3 Å². The summed E-state index contributed by atoms with van der Waals surface area (Å²) in [6.45, 7) is 0. The zero-order valence-electron chi connectivity index (χ0n) is 6.81. The van der Waals surface area contributed by atoms with Gasteiger partial charge in [0.1, 0.15) is 0 Å². The Morgan fingerprint density at radius 1 is 1.00 bits per heavy atom. The van der Waals surface area contributed by atoms with E-state index in [4.69, 9.17) is 0 Å². The molecule has 0 saturated heterocycles. The number of rotatable bonds is 1. The van der Waals surface area contributed by atoms with Gasteiger partial charge >= 0.3 is 0 Å². The van der Waals surface area contributed by atoms with Gasteiger partial charge < -0.3 is 4.98 Å². The van der Waals surface area contributed by atoms with Crippen LogP contribution in [-0.2, 0) is 32.7 Å². The van der Waals surface area contributed by atoms with Crippen LogP contribution in [0.4, 0.5) is 0 Å². The molecule has 2 aromatic rings. The molecule has 0 fully saturated rings. The maximum atomic E-state index is 4.06. The molecule has 0 unspecified atom stereocenters. The first-order valence-corrected chi connectivity index (χ1v) is 3.49. The third kappa shape index (κ3) is 2.64. The van der Waals surface area contributed by atoms with E-state index in [1.54, 1.807) is 30.6 Å². The van der Waals surface area contributed by atoms with Gasteiger partial charge in [-0.15, -0.1) is 17.5 Å². The van der Waals surface area contributed by atoms with Crippen LogP contribution in [0.5, 0.6) is 0 Å². The molecule has 61 valence electrons. The average Bonchev–Trinajstić information content (AvgIpc) is 2.21. The summed E-state index contributed by atoms with van der Waals surface area (Å²) in [7, 11) is 0. The minimum Gasteiger partial charge on any atom is -0.357 e. The van der Waals surface area contributed by atoms with Crippen LogP contribution in [0.25, 0.3) is 11.4 Å². The van der Waals surface area contributed by atoms with E-state index in [1.165, 1.54) is 0 Å². The van der Waals surface area contributed by atoms with Gasteiger partial charge in [0, 0.05) is 32.7 Å². The number of aromatic nitrogens is 3. The van der Waals surface area contributed by atoms with Crippen LogP contribution in [0.3, 0.4) is 0 Å².